The van der Waals surface area contributed by atoms with Gasteiger partial charge in [-0.05, 0) is 12.8 Å². The van der Waals surface area contributed by atoms with Gasteiger partial charge in [-0.3, -0.25) is 4.79 Å². The van der Waals surface area contributed by atoms with Crippen molar-refractivity contribution < 1.29 is 14.3 Å². The molecule has 4 heteroatoms. The van der Waals surface area contributed by atoms with Crippen LogP contribution in [0.2, 0.25) is 0 Å². The van der Waals surface area contributed by atoms with E-state index in [1.165, 1.54) is 26.0 Å². The molecule has 0 aromatic carbocycles. The SMILES string of the molecule is COC(=O)CCCCCCCCCN=C=O. The Labute approximate surface area is 97.1 Å². The van der Waals surface area contributed by atoms with Crippen LogP contribution in [0, 0.1) is 0 Å². The summed E-state index contributed by atoms with van der Waals surface area (Å²) >= 11 is 0. The smallest absolute Gasteiger partial charge is 0.305 e. The maximum absolute atomic E-state index is 10.8. The van der Waals surface area contributed by atoms with Crippen LogP contribution in [-0.4, -0.2) is 25.7 Å². The van der Waals surface area contributed by atoms with Gasteiger partial charge in [0.25, 0.3) is 0 Å². The number of carbonyl (C=O) groups excluding carboxylic acids is 2. The van der Waals surface area contributed by atoms with Gasteiger partial charge in [0.15, 0.2) is 0 Å². The molecule has 0 saturated carbocycles. The molecule has 0 atom stereocenters. The monoisotopic (exact) mass is 227 g/mol. The van der Waals surface area contributed by atoms with Crippen LogP contribution in [0.25, 0.3) is 0 Å². The third kappa shape index (κ3) is 10.9. The number of nitrogens with zero attached hydrogens (tertiary/aromatic N) is 1. The quantitative estimate of drug-likeness (QED) is 0.249. The summed E-state index contributed by atoms with van der Waals surface area (Å²) < 4.78 is 4.55. The van der Waals surface area contributed by atoms with Gasteiger partial charge in [-0.1, -0.05) is 32.1 Å². The molecular formula is C12H21NO3. The van der Waals surface area contributed by atoms with E-state index < -0.39 is 0 Å². The molecule has 0 spiro atoms. The summed E-state index contributed by atoms with van der Waals surface area (Å²) in [7, 11) is 1.42. The van der Waals surface area contributed by atoms with Crippen molar-refractivity contribution in [3.63, 3.8) is 0 Å². The van der Waals surface area contributed by atoms with E-state index in [9.17, 15) is 9.59 Å². The van der Waals surface area contributed by atoms with Crippen LogP contribution in [0.15, 0.2) is 4.99 Å². The van der Waals surface area contributed by atoms with E-state index in [1.54, 1.807) is 0 Å². The van der Waals surface area contributed by atoms with Crippen molar-refractivity contribution in [3.8, 4) is 0 Å². The van der Waals surface area contributed by atoms with Crippen molar-refractivity contribution in [3.05, 3.63) is 0 Å². The molecule has 0 aliphatic heterocycles. The molecule has 16 heavy (non-hydrogen) atoms. The lowest BCUT2D eigenvalue weighted by Crippen LogP contribution is -1.99. The number of aliphatic imine (C=N–C) groups is 1. The normalized spacial score (nSPS) is 9.56. The molecule has 0 unspecified atom stereocenters. The summed E-state index contributed by atoms with van der Waals surface area (Å²) in [6.45, 7) is 0.603. The molecule has 0 rings (SSSR count). The summed E-state index contributed by atoms with van der Waals surface area (Å²) in [4.78, 5) is 24.0. The van der Waals surface area contributed by atoms with Crippen molar-refractivity contribution in [1.29, 1.82) is 0 Å². The number of hydrogen-bond donors (Lipinski definition) is 0. The molecule has 0 heterocycles. The topological polar surface area (TPSA) is 55.7 Å². The predicted molar refractivity (Wildman–Crippen MR) is 61.9 cm³/mol. The highest BCUT2D eigenvalue weighted by molar-refractivity contribution is 5.68. The van der Waals surface area contributed by atoms with E-state index >= 15 is 0 Å². The first kappa shape index (κ1) is 14.8. The Bertz CT molecular complexity index is 222. The summed E-state index contributed by atoms with van der Waals surface area (Å²) in [5.74, 6) is -0.119. The minimum Gasteiger partial charge on any atom is -0.469 e. The van der Waals surface area contributed by atoms with Crippen molar-refractivity contribution >= 4 is 12.0 Å². The van der Waals surface area contributed by atoms with Crippen molar-refractivity contribution in [2.24, 2.45) is 4.99 Å². The van der Waals surface area contributed by atoms with Crippen LogP contribution in [0.5, 0.6) is 0 Å². The third-order valence-electron chi connectivity index (χ3n) is 2.44. The van der Waals surface area contributed by atoms with Crippen LogP contribution in [0.1, 0.15) is 51.4 Å². The molecule has 0 fully saturated rings. The number of carbonyl (C=O) groups is 1. The lowest BCUT2D eigenvalue weighted by molar-refractivity contribution is -0.140. The van der Waals surface area contributed by atoms with Crippen molar-refractivity contribution in [1.82, 2.24) is 0 Å². The summed E-state index contributed by atoms with van der Waals surface area (Å²) in [6.07, 6.45) is 9.67. The Kier molecular flexibility index (Phi) is 11.1. The van der Waals surface area contributed by atoms with Gasteiger partial charge in [0.2, 0.25) is 6.08 Å². The number of unbranched alkanes of at least 4 members (excludes halogenated alkanes) is 6. The van der Waals surface area contributed by atoms with E-state index in [4.69, 9.17) is 0 Å². The maximum atomic E-state index is 10.8. The fraction of sp³-hybridized carbons (Fsp3) is 0.833. The highest BCUT2D eigenvalue weighted by Gasteiger charge is 1.98. The van der Waals surface area contributed by atoms with Crippen molar-refractivity contribution in [2.45, 2.75) is 51.4 Å². The third-order valence-corrected chi connectivity index (χ3v) is 2.44. The molecule has 0 aromatic rings. The summed E-state index contributed by atoms with van der Waals surface area (Å²) in [5.41, 5.74) is 0. The second-order valence-electron chi connectivity index (χ2n) is 3.77. The molecule has 0 radical (unpaired) electrons. The highest BCUT2D eigenvalue weighted by Crippen LogP contribution is 2.08. The van der Waals surface area contributed by atoms with Gasteiger partial charge in [-0.25, -0.2) is 9.79 Å². The maximum Gasteiger partial charge on any atom is 0.305 e. The number of rotatable bonds is 10. The van der Waals surface area contributed by atoms with Crippen LogP contribution < -0.4 is 0 Å². The number of ether oxygens (including phenoxy) is 1. The zero-order valence-corrected chi connectivity index (χ0v) is 10.0. The average molecular weight is 227 g/mol. The number of hydrogen-bond acceptors (Lipinski definition) is 4. The average Bonchev–Trinajstić information content (AvgIpc) is 2.31. The molecule has 0 bridgehead atoms. The molecule has 0 aliphatic rings. The van der Waals surface area contributed by atoms with E-state index in [2.05, 4.69) is 9.73 Å². The van der Waals surface area contributed by atoms with E-state index in [1.807, 2.05) is 0 Å². The first-order chi connectivity index (χ1) is 7.81. The van der Waals surface area contributed by atoms with Gasteiger partial charge in [-0.2, -0.15) is 0 Å². The largest absolute Gasteiger partial charge is 0.469 e. The Morgan fingerprint density at radius 3 is 2.19 bits per heavy atom. The Hall–Kier alpha value is -1.15. The molecular weight excluding hydrogens is 206 g/mol. The van der Waals surface area contributed by atoms with Crippen molar-refractivity contribution in [2.75, 3.05) is 13.7 Å². The van der Waals surface area contributed by atoms with Crippen LogP contribution in [0.3, 0.4) is 0 Å². The fourth-order valence-corrected chi connectivity index (χ4v) is 1.49. The van der Waals surface area contributed by atoms with Crippen LogP contribution >= 0.6 is 0 Å². The first-order valence-corrected chi connectivity index (χ1v) is 5.91. The van der Waals surface area contributed by atoms with E-state index in [-0.39, 0.29) is 5.97 Å². The highest BCUT2D eigenvalue weighted by atomic mass is 16.5. The van der Waals surface area contributed by atoms with Gasteiger partial charge >= 0.3 is 5.97 Å². The molecule has 0 N–H and O–H groups in total. The summed E-state index contributed by atoms with van der Waals surface area (Å²) in [6, 6.07) is 0. The molecule has 0 aromatic heterocycles. The number of isocyanates is 1. The zero-order chi connectivity index (χ0) is 12.1. The van der Waals surface area contributed by atoms with Crippen LogP contribution in [0.4, 0.5) is 0 Å². The Balaban J connectivity index is 3.04. The standard InChI is InChI=1S/C12H21NO3/c1-16-12(15)9-7-5-3-2-4-6-8-10-13-11-14/h2-10H2,1H3. The minimum atomic E-state index is -0.119. The summed E-state index contributed by atoms with van der Waals surface area (Å²) in [5, 5.41) is 0. The minimum absolute atomic E-state index is 0.119. The molecule has 0 saturated heterocycles. The lowest BCUT2D eigenvalue weighted by Gasteiger charge is -2.00. The van der Waals surface area contributed by atoms with Gasteiger partial charge in [0, 0.05) is 6.42 Å². The lowest BCUT2D eigenvalue weighted by atomic mass is 10.1. The predicted octanol–water partition coefficient (Wildman–Crippen LogP) is 2.62. The van der Waals surface area contributed by atoms with E-state index in [0.29, 0.717) is 13.0 Å². The molecule has 92 valence electrons. The first-order valence-electron chi connectivity index (χ1n) is 5.91. The number of esters is 1. The Morgan fingerprint density at radius 2 is 1.62 bits per heavy atom. The molecule has 0 aliphatic carbocycles. The second-order valence-corrected chi connectivity index (χ2v) is 3.77. The molecule has 0 amide bonds. The molecule has 4 nitrogen and oxygen atoms in total. The van der Waals surface area contributed by atoms with Crippen LogP contribution in [-0.2, 0) is 14.3 Å². The van der Waals surface area contributed by atoms with Gasteiger partial charge in [-0.15, -0.1) is 0 Å². The fourth-order valence-electron chi connectivity index (χ4n) is 1.49. The van der Waals surface area contributed by atoms with Gasteiger partial charge in [0.05, 0.1) is 13.7 Å². The van der Waals surface area contributed by atoms with E-state index in [0.717, 1.165) is 32.1 Å². The zero-order valence-electron chi connectivity index (χ0n) is 10.0. The number of methoxy groups -OCH3 is 1. The Morgan fingerprint density at radius 1 is 1.06 bits per heavy atom. The second kappa shape index (κ2) is 11.9. The van der Waals surface area contributed by atoms with Gasteiger partial charge in [0.1, 0.15) is 0 Å². The van der Waals surface area contributed by atoms with Gasteiger partial charge < -0.3 is 4.74 Å².